The van der Waals surface area contributed by atoms with Crippen LogP contribution in [0.3, 0.4) is 0 Å². The first-order valence-corrected chi connectivity index (χ1v) is 10.4. The summed E-state index contributed by atoms with van der Waals surface area (Å²) >= 11 is 0. The van der Waals surface area contributed by atoms with E-state index in [2.05, 4.69) is 31.0 Å². The van der Waals surface area contributed by atoms with Gasteiger partial charge in [-0.2, -0.15) is 5.10 Å². The highest BCUT2D eigenvalue weighted by molar-refractivity contribution is 5.98. The summed E-state index contributed by atoms with van der Waals surface area (Å²) in [4.78, 5) is 45.5. The molecule has 1 aliphatic heterocycles. The van der Waals surface area contributed by atoms with Crippen molar-refractivity contribution in [3.05, 3.63) is 83.6 Å². The Balaban J connectivity index is 1.31. The molecule has 0 atom stereocenters. The Kier molecular flexibility index (Phi) is 5.56. The maximum atomic E-state index is 12.9. The molecule has 0 bridgehead atoms. The van der Waals surface area contributed by atoms with E-state index in [1.807, 2.05) is 0 Å². The van der Waals surface area contributed by atoms with Gasteiger partial charge in [-0.1, -0.05) is 6.07 Å². The second kappa shape index (κ2) is 8.98. The molecule has 4 heterocycles. The Bertz CT molecular complexity index is 1400. The molecule has 0 spiro atoms. The van der Waals surface area contributed by atoms with E-state index in [4.69, 9.17) is 4.74 Å². The number of aromatic nitrogens is 4. The number of pyridine rings is 1. The number of amides is 3. The average Bonchev–Trinajstić information content (AvgIpc) is 3.34. The molecule has 0 radical (unpaired) electrons. The minimum absolute atomic E-state index is 0.0235. The zero-order valence-corrected chi connectivity index (χ0v) is 17.8. The molecule has 0 unspecified atom stereocenters. The van der Waals surface area contributed by atoms with Crippen molar-refractivity contribution < 1.29 is 19.1 Å². The first kappa shape index (κ1) is 21.1. The van der Waals surface area contributed by atoms with Gasteiger partial charge in [0.25, 0.3) is 17.7 Å². The SMILES string of the molecule is O=C1COc2ccc(CNC(=O)c3cc(C(=O)NCc4ccncc4)n4nccc4n3)cc2N1. The summed E-state index contributed by atoms with van der Waals surface area (Å²) in [5.41, 5.74) is 2.84. The predicted molar refractivity (Wildman–Crippen MR) is 120 cm³/mol. The number of carbonyl (C=O) groups is 3. The van der Waals surface area contributed by atoms with Crippen molar-refractivity contribution in [2.75, 3.05) is 11.9 Å². The number of nitrogens with zero attached hydrogens (tertiary/aromatic N) is 4. The maximum absolute atomic E-state index is 12.9. The van der Waals surface area contributed by atoms with Crippen LogP contribution in [-0.4, -0.2) is 43.9 Å². The van der Waals surface area contributed by atoms with Crippen LogP contribution < -0.4 is 20.7 Å². The summed E-state index contributed by atoms with van der Waals surface area (Å²) in [6.07, 6.45) is 4.80. The molecule has 0 saturated carbocycles. The van der Waals surface area contributed by atoms with E-state index in [1.54, 1.807) is 48.8 Å². The number of fused-ring (bicyclic) bond motifs is 2. The minimum atomic E-state index is -0.454. The van der Waals surface area contributed by atoms with Gasteiger partial charge in [-0.05, 0) is 35.4 Å². The van der Waals surface area contributed by atoms with Gasteiger partial charge in [0, 0.05) is 37.6 Å². The largest absolute Gasteiger partial charge is 0.482 e. The summed E-state index contributed by atoms with van der Waals surface area (Å²) < 4.78 is 6.72. The molecule has 0 saturated heterocycles. The third-order valence-corrected chi connectivity index (χ3v) is 5.16. The van der Waals surface area contributed by atoms with Gasteiger partial charge in [0.15, 0.2) is 12.3 Å². The molecule has 0 aliphatic carbocycles. The van der Waals surface area contributed by atoms with Crippen LogP contribution in [0.15, 0.2) is 61.1 Å². The average molecular weight is 457 g/mol. The van der Waals surface area contributed by atoms with Crippen LogP contribution in [0.25, 0.3) is 5.65 Å². The van der Waals surface area contributed by atoms with Crippen molar-refractivity contribution in [1.82, 2.24) is 30.2 Å². The van der Waals surface area contributed by atoms with E-state index in [0.29, 0.717) is 23.6 Å². The van der Waals surface area contributed by atoms with Crippen LogP contribution in [0.5, 0.6) is 5.75 Å². The van der Waals surface area contributed by atoms with Gasteiger partial charge in [-0.25, -0.2) is 9.50 Å². The molecule has 170 valence electrons. The summed E-state index contributed by atoms with van der Waals surface area (Å²) in [7, 11) is 0. The standard InChI is InChI=1S/C23H19N7O4/c31-21-13-34-19-2-1-15(9-16(19)29-21)12-25-22(32)17-10-18(30-20(28-17)5-8-27-30)23(33)26-11-14-3-6-24-7-4-14/h1-10H,11-13H2,(H,25,32)(H,26,33)(H,29,31). The van der Waals surface area contributed by atoms with Crippen molar-refractivity contribution in [1.29, 1.82) is 0 Å². The van der Waals surface area contributed by atoms with Gasteiger partial charge in [0.05, 0.1) is 11.9 Å². The van der Waals surface area contributed by atoms with E-state index in [1.165, 1.54) is 16.8 Å². The molecular weight excluding hydrogens is 438 g/mol. The van der Waals surface area contributed by atoms with Gasteiger partial charge in [-0.3, -0.25) is 19.4 Å². The third-order valence-electron chi connectivity index (χ3n) is 5.16. The van der Waals surface area contributed by atoms with E-state index in [-0.39, 0.29) is 30.4 Å². The van der Waals surface area contributed by atoms with E-state index in [0.717, 1.165) is 11.1 Å². The molecule has 0 fully saturated rings. The molecule has 34 heavy (non-hydrogen) atoms. The van der Waals surface area contributed by atoms with Gasteiger partial charge in [0.2, 0.25) is 0 Å². The quantitative estimate of drug-likeness (QED) is 0.397. The van der Waals surface area contributed by atoms with Crippen molar-refractivity contribution in [3.63, 3.8) is 0 Å². The number of hydrogen-bond acceptors (Lipinski definition) is 7. The number of anilines is 1. The molecule has 1 aromatic carbocycles. The zero-order chi connectivity index (χ0) is 23.5. The number of benzene rings is 1. The number of rotatable bonds is 6. The number of carbonyl (C=O) groups excluding carboxylic acids is 3. The van der Waals surface area contributed by atoms with E-state index >= 15 is 0 Å². The van der Waals surface area contributed by atoms with Crippen molar-refractivity contribution in [3.8, 4) is 5.75 Å². The first-order valence-electron chi connectivity index (χ1n) is 10.4. The summed E-state index contributed by atoms with van der Waals surface area (Å²) in [5.74, 6) is -0.510. The lowest BCUT2D eigenvalue weighted by Crippen LogP contribution is -2.28. The topological polar surface area (TPSA) is 140 Å². The summed E-state index contributed by atoms with van der Waals surface area (Å²) in [6.45, 7) is 0.467. The van der Waals surface area contributed by atoms with Crippen LogP contribution in [0.4, 0.5) is 5.69 Å². The van der Waals surface area contributed by atoms with Crippen molar-refractivity contribution in [2.24, 2.45) is 0 Å². The zero-order valence-electron chi connectivity index (χ0n) is 17.8. The normalized spacial score (nSPS) is 12.4. The van der Waals surface area contributed by atoms with Gasteiger partial charge < -0.3 is 20.7 Å². The van der Waals surface area contributed by atoms with Crippen LogP contribution >= 0.6 is 0 Å². The molecular formula is C23H19N7O4. The fourth-order valence-corrected chi connectivity index (χ4v) is 3.48. The lowest BCUT2D eigenvalue weighted by Gasteiger charge is -2.18. The van der Waals surface area contributed by atoms with Crippen LogP contribution in [0, 0.1) is 0 Å². The smallest absolute Gasteiger partial charge is 0.270 e. The van der Waals surface area contributed by atoms with E-state index < -0.39 is 11.8 Å². The molecule has 11 nitrogen and oxygen atoms in total. The molecule has 4 aromatic rings. The molecule has 1 aliphatic rings. The molecule has 11 heteroatoms. The lowest BCUT2D eigenvalue weighted by molar-refractivity contribution is -0.118. The van der Waals surface area contributed by atoms with Crippen LogP contribution in [-0.2, 0) is 17.9 Å². The Morgan fingerprint density at radius 1 is 0.971 bits per heavy atom. The number of ether oxygens (including phenoxy) is 1. The number of nitrogens with one attached hydrogen (secondary N) is 3. The second-order valence-electron chi connectivity index (χ2n) is 7.52. The van der Waals surface area contributed by atoms with Gasteiger partial charge in [0.1, 0.15) is 17.1 Å². The van der Waals surface area contributed by atoms with Gasteiger partial charge in [-0.15, -0.1) is 0 Å². The Morgan fingerprint density at radius 3 is 2.62 bits per heavy atom. The lowest BCUT2D eigenvalue weighted by atomic mass is 10.1. The highest BCUT2D eigenvalue weighted by atomic mass is 16.5. The Hall–Kier alpha value is -4.80. The van der Waals surface area contributed by atoms with Crippen LogP contribution in [0.2, 0.25) is 0 Å². The Labute approximate surface area is 193 Å². The first-order chi connectivity index (χ1) is 16.6. The molecule has 3 amide bonds. The highest BCUT2D eigenvalue weighted by Crippen LogP contribution is 2.28. The number of hydrogen-bond donors (Lipinski definition) is 3. The maximum Gasteiger partial charge on any atom is 0.270 e. The summed E-state index contributed by atoms with van der Waals surface area (Å²) in [5, 5.41) is 12.5. The molecule has 3 N–H and O–H groups in total. The van der Waals surface area contributed by atoms with Crippen molar-refractivity contribution in [2.45, 2.75) is 13.1 Å². The third kappa shape index (κ3) is 4.39. The fourth-order valence-electron chi connectivity index (χ4n) is 3.48. The molecule has 5 rings (SSSR count). The van der Waals surface area contributed by atoms with E-state index in [9.17, 15) is 14.4 Å². The minimum Gasteiger partial charge on any atom is -0.482 e. The van der Waals surface area contributed by atoms with Crippen molar-refractivity contribution >= 4 is 29.1 Å². The predicted octanol–water partition coefficient (Wildman–Crippen LogP) is 1.32. The fraction of sp³-hybridized carbons (Fsp3) is 0.130. The van der Waals surface area contributed by atoms with Crippen LogP contribution in [0.1, 0.15) is 32.1 Å². The Morgan fingerprint density at radius 2 is 1.76 bits per heavy atom. The second-order valence-corrected chi connectivity index (χ2v) is 7.52. The summed E-state index contributed by atoms with van der Waals surface area (Å²) in [6, 6.07) is 11.9. The highest BCUT2D eigenvalue weighted by Gasteiger charge is 2.19. The molecule has 3 aromatic heterocycles. The van der Waals surface area contributed by atoms with Gasteiger partial charge >= 0.3 is 0 Å². The monoisotopic (exact) mass is 457 g/mol.